The lowest BCUT2D eigenvalue weighted by atomic mass is 9.99. The predicted molar refractivity (Wildman–Crippen MR) is 265 cm³/mol. The molecule has 9 heteroatoms. The van der Waals surface area contributed by atoms with Gasteiger partial charge >= 0.3 is 5.97 Å². The molecule has 0 aliphatic carbocycles. The Labute approximate surface area is 392 Å². The van der Waals surface area contributed by atoms with Gasteiger partial charge in [-0.3, -0.25) is 4.79 Å². The first-order chi connectivity index (χ1) is 31.4. The van der Waals surface area contributed by atoms with E-state index in [1.54, 1.807) is 0 Å². The molecule has 1 rings (SSSR count). The van der Waals surface area contributed by atoms with E-state index in [9.17, 15) is 25.2 Å². The Morgan fingerprint density at radius 3 is 1.45 bits per heavy atom. The Morgan fingerprint density at radius 1 is 0.516 bits per heavy atom. The van der Waals surface area contributed by atoms with Crippen LogP contribution in [-0.4, -0.2) is 89.6 Å². The molecular weight excluding hydrogens is 805 g/mol. The van der Waals surface area contributed by atoms with Crippen molar-refractivity contribution in [2.75, 3.05) is 26.4 Å². The van der Waals surface area contributed by atoms with Crippen molar-refractivity contribution in [3.8, 4) is 0 Å². The zero-order chi connectivity index (χ0) is 46.4. The summed E-state index contributed by atoms with van der Waals surface area (Å²) in [5, 5.41) is 40.3. The summed E-state index contributed by atoms with van der Waals surface area (Å²) in [4.78, 5) is 12.9. The first-order valence-corrected chi connectivity index (χ1v) is 26.7. The molecule has 4 N–H and O–H groups in total. The fourth-order valence-corrected chi connectivity index (χ4v) is 8.09. The Balaban J connectivity index is 2.18. The summed E-state index contributed by atoms with van der Waals surface area (Å²) in [6.07, 6.45) is 51.5. The van der Waals surface area contributed by atoms with Crippen LogP contribution >= 0.6 is 0 Å². The second kappa shape index (κ2) is 46.3. The normalized spacial score (nSPS) is 19.9. The van der Waals surface area contributed by atoms with E-state index in [-0.39, 0.29) is 19.2 Å². The van der Waals surface area contributed by atoms with Crippen LogP contribution in [0.2, 0.25) is 0 Å². The molecule has 1 saturated heterocycles. The smallest absolute Gasteiger partial charge is 0.306 e. The third kappa shape index (κ3) is 36.3. The molecule has 374 valence electrons. The number of allylic oxidation sites excluding steroid dienone is 8. The van der Waals surface area contributed by atoms with Gasteiger partial charge in [0.25, 0.3) is 0 Å². The Hall–Kier alpha value is -1.85. The first-order valence-electron chi connectivity index (χ1n) is 26.7. The molecule has 0 saturated carbocycles. The van der Waals surface area contributed by atoms with E-state index in [0.29, 0.717) is 13.0 Å². The molecule has 0 aromatic heterocycles. The van der Waals surface area contributed by atoms with E-state index in [1.165, 1.54) is 154 Å². The van der Waals surface area contributed by atoms with Crippen molar-refractivity contribution < 1.29 is 44.2 Å². The van der Waals surface area contributed by atoms with Crippen molar-refractivity contribution >= 4 is 5.97 Å². The van der Waals surface area contributed by atoms with Crippen molar-refractivity contribution in [2.24, 2.45) is 0 Å². The molecule has 0 amide bonds. The minimum atomic E-state index is -1.54. The highest BCUT2D eigenvalue weighted by molar-refractivity contribution is 5.69. The summed E-state index contributed by atoms with van der Waals surface area (Å²) in [5.41, 5.74) is 0. The number of rotatable bonds is 46. The van der Waals surface area contributed by atoms with Crippen molar-refractivity contribution in [3.05, 3.63) is 48.6 Å². The molecule has 64 heavy (non-hydrogen) atoms. The second-order valence-electron chi connectivity index (χ2n) is 18.3. The van der Waals surface area contributed by atoms with Crippen molar-refractivity contribution in [1.82, 2.24) is 0 Å². The standard InChI is InChI=1S/C55H100O9/c1-3-5-7-9-11-13-15-17-19-21-23-24-25-26-27-28-30-32-34-36-38-40-42-44-51(57)63-49(48-62-55-54(60)53(59)52(58)50(46-56)64-55)47-61-45-43-41-39-37-35-33-31-29-22-20-18-16-14-12-10-8-6-4-2/h6,8,12,14,18,20-21,23,49-50,52-56,58-60H,3-5,7,9-11,13,15-17,19,22,24-48H2,1-2H3/b8-6-,14-12-,20-18-,23-21-. The van der Waals surface area contributed by atoms with E-state index >= 15 is 0 Å². The van der Waals surface area contributed by atoms with Crippen LogP contribution in [-0.2, 0) is 23.7 Å². The van der Waals surface area contributed by atoms with Gasteiger partial charge in [-0.2, -0.15) is 0 Å². The molecule has 1 fully saturated rings. The van der Waals surface area contributed by atoms with Crippen LogP contribution in [0.4, 0.5) is 0 Å². The van der Waals surface area contributed by atoms with Crippen LogP contribution in [0, 0.1) is 0 Å². The molecule has 0 aromatic rings. The van der Waals surface area contributed by atoms with Crippen molar-refractivity contribution in [3.63, 3.8) is 0 Å². The molecule has 0 aromatic carbocycles. The largest absolute Gasteiger partial charge is 0.457 e. The van der Waals surface area contributed by atoms with Gasteiger partial charge in [-0.1, -0.05) is 204 Å². The third-order valence-electron chi connectivity index (χ3n) is 12.2. The molecule has 1 aliphatic heterocycles. The molecule has 0 bridgehead atoms. The molecule has 1 heterocycles. The summed E-state index contributed by atoms with van der Waals surface area (Å²) in [6.45, 7) is 4.46. The van der Waals surface area contributed by atoms with Gasteiger partial charge in [0.1, 0.15) is 30.5 Å². The van der Waals surface area contributed by atoms with E-state index in [4.69, 9.17) is 18.9 Å². The Morgan fingerprint density at radius 2 is 0.953 bits per heavy atom. The van der Waals surface area contributed by atoms with Crippen molar-refractivity contribution in [2.45, 2.75) is 269 Å². The number of ether oxygens (including phenoxy) is 4. The van der Waals surface area contributed by atoms with Gasteiger partial charge in [0, 0.05) is 13.0 Å². The summed E-state index contributed by atoms with van der Waals surface area (Å²) < 4.78 is 22.9. The molecule has 9 nitrogen and oxygen atoms in total. The molecule has 6 atom stereocenters. The quantitative estimate of drug-likeness (QED) is 0.0267. The summed E-state index contributed by atoms with van der Waals surface area (Å²) >= 11 is 0. The third-order valence-corrected chi connectivity index (χ3v) is 12.2. The van der Waals surface area contributed by atoms with Crippen LogP contribution in [0.5, 0.6) is 0 Å². The average Bonchev–Trinajstić information content (AvgIpc) is 3.30. The predicted octanol–water partition coefficient (Wildman–Crippen LogP) is 13.3. The zero-order valence-electron chi connectivity index (χ0n) is 41.3. The van der Waals surface area contributed by atoms with Gasteiger partial charge in [0.2, 0.25) is 0 Å². The van der Waals surface area contributed by atoms with Gasteiger partial charge in [-0.05, 0) is 70.6 Å². The highest BCUT2D eigenvalue weighted by Gasteiger charge is 2.44. The van der Waals surface area contributed by atoms with Gasteiger partial charge in [-0.15, -0.1) is 0 Å². The molecule has 6 unspecified atom stereocenters. The zero-order valence-corrected chi connectivity index (χ0v) is 41.3. The van der Waals surface area contributed by atoms with Gasteiger partial charge < -0.3 is 39.4 Å². The monoisotopic (exact) mass is 905 g/mol. The number of esters is 1. The molecule has 1 aliphatic rings. The number of carbonyl (C=O) groups excluding carboxylic acids is 1. The number of unbranched alkanes of at least 4 members (excludes halogenated alkanes) is 27. The van der Waals surface area contributed by atoms with Crippen LogP contribution in [0.3, 0.4) is 0 Å². The first kappa shape index (κ1) is 60.2. The summed E-state index contributed by atoms with van der Waals surface area (Å²) in [7, 11) is 0. The number of aliphatic hydroxyl groups excluding tert-OH is 4. The fourth-order valence-electron chi connectivity index (χ4n) is 8.09. The minimum absolute atomic E-state index is 0.116. The lowest BCUT2D eigenvalue weighted by molar-refractivity contribution is -0.305. The highest BCUT2D eigenvalue weighted by atomic mass is 16.7. The van der Waals surface area contributed by atoms with Gasteiger partial charge in [0.05, 0.1) is 19.8 Å². The fraction of sp³-hybridized carbons (Fsp3) is 0.836. The Kier molecular flexibility index (Phi) is 43.5. The van der Waals surface area contributed by atoms with Crippen LogP contribution in [0.1, 0.15) is 232 Å². The van der Waals surface area contributed by atoms with Crippen LogP contribution in [0.25, 0.3) is 0 Å². The molecule has 0 spiro atoms. The summed E-state index contributed by atoms with van der Waals surface area (Å²) in [6, 6.07) is 0. The van der Waals surface area contributed by atoms with E-state index in [1.807, 2.05) is 0 Å². The minimum Gasteiger partial charge on any atom is -0.457 e. The van der Waals surface area contributed by atoms with Crippen LogP contribution in [0.15, 0.2) is 48.6 Å². The van der Waals surface area contributed by atoms with Gasteiger partial charge in [-0.25, -0.2) is 0 Å². The average molecular weight is 905 g/mol. The second-order valence-corrected chi connectivity index (χ2v) is 18.3. The maximum Gasteiger partial charge on any atom is 0.306 e. The topological polar surface area (TPSA) is 135 Å². The van der Waals surface area contributed by atoms with Gasteiger partial charge in [0.15, 0.2) is 6.29 Å². The number of hydrogen-bond acceptors (Lipinski definition) is 9. The molecular formula is C55H100O9. The SMILES string of the molecule is CC/C=C\C/C=C\C/C=C\CCCCCCCCCCOCC(COC1OC(CO)C(O)C(O)C1O)OC(=O)CCCCCCCCCCCCC/C=C\CCCCCCCCCC. The van der Waals surface area contributed by atoms with Crippen LogP contribution < -0.4 is 0 Å². The molecule has 0 radical (unpaired) electrons. The van der Waals surface area contributed by atoms with E-state index in [2.05, 4.69) is 62.5 Å². The Bertz CT molecular complexity index is 1120. The van der Waals surface area contributed by atoms with Crippen molar-refractivity contribution in [1.29, 1.82) is 0 Å². The van der Waals surface area contributed by atoms with E-state index < -0.39 is 43.4 Å². The number of aliphatic hydroxyl groups is 4. The highest BCUT2D eigenvalue weighted by Crippen LogP contribution is 2.23. The number of hydrogen-bond donors (Lipinski definition) is 4. The lowest BCUT2D eigenvalue weighted by Gasteiger charge is -2.39. The maximum atomic E-state index is 12.9. The van der Waals surface area contributed by atoms with E-state index in [0.717, 1.165) is 57.8 Å². The maximum absolute atomic E-state index is 12.9. The lowest BCUT2D eigenvalue weighted by Crippen LogP contribution is -2.59. The number of carbonyl (C=O) groups is 1. The summed E-state index contributed by atoms with van der Waals surface area (Å²) in [5.74, 6) is -0.316.